The summed E-state index contributed by atoms with van der Waals surface area (Å²) in [5, 5.41) is 0.148. The van der Waals surface area contributed by atoms with Gasteiger partial charge >= 0.3 is 0 Å². The second-order valence-electron chi connectivity index (χ2n) is 2.31. The molecule has 1 heteroatoms. The zero-order valence-electron chi connectivity index (χ0n) is 6.41. The van der Waals surface area contributed by atoms with E-state index in [9.17, 15) is 0 Å². The van der Waals surface area contributed by atoms with Crippen LogP contribution in [0.3, 0.4) is 0 Å². The summed E-state index contributed by atoms with van der Waals surface area (Å²) in [4.78, 5) is 0. The number of benzene rings is 1. The van der Waals surface area contributed by atoms with Crippen LogP contribution >= 0.6 is 12.6 Å². The monoisotopic (exact) mass is 162 g/mol. The van der Waals surface area contributed by atoms with Gasteiger partial charge in [-0.15, -0.1) is 0 Å². The maximum atomic E-state index is 4.15. The molecule has 0 aromatic heterocycles. The number of hydrogen-bond donors (Lipinski definition) is 1. The van der Waals surface area contributed by atoms with Gasteiger partial charge in [0, 0.05) is 5.56 Å². The molecule has 0 saturated carbocycles. The number of thiol groups is 1. The van der Waals surface area contributed by atoms with E-state index in [0.29, 0.717) is 0 Å². The van der Waals surface area contributed by atoms with Crippen molar-refractivity contribution < 1.29 is 0 Å². The molecule has 1 atom stereocenters. The molecule has 0 radical (unpaired) electrons. The normalized spacial score (nSPS) is 11.5. The quantitative estimate of drug-likeness (QED) is 0.439. The Kier molecular flexibility index (Phi) is 3.07. The van der Waals surface area contributed by atoms with E-state index in [2.05, 4.69) is 24.5 Å². The summed E-state index contributed by atoms with van der Waals surface area (Å²) >= 11 is 4.15. The molecule has 11 heavy (non-hydrogen) atoms. The summed E-state index contributed by atoms with van der Waals surface area (Å²) in [5.74, 6) is 5.99. The van der Waals surface area contributed by atoms with E-state index in [4.69, 9.17) is 0 Å². The van der Waals surface area contributed by atoms with Gasteiger partial charge in [0.15, 0.2) is 0 Å². The minimum absolute atomic E-state index is 0.148. The molecule has 0 nitrogen and oxygen atoms in total. The Balaban J connectivity index is 2.75. The van der Waals surface area contributed by atoms with E-state index in [0.717, 1.165) is 5.56 Å². The Morgan fingerprint density at radius 1 is 1.27 bits per heavy atom. The Morgan fingerprint density at radius 3 is 2.45 bits per heavy atom. The van der Waals surface area contributed by atoms with Crippen LogP contribution in [0.4, 0.5) is 0 Å². The van der Waals surface area contributed by atoms with Crippen molar-refractivity contribution in [2.45, 2.75) is 12.2 Å². The van der Waals surface area contributed by atoms with E-state index < -0.39 is 0 Å². The smallest absolute Gasteiger partial charge is 0.0602 e. The summed E-state index contributed by atoms with van der Waals surface area (Å²) in [6.07, 6.45) is 0. The highest BCUT2D eigenvalue weighted by Crippen LogP contribution is 1.96. The molecule has 0 fully saturated rings. The molecule has 1 aromatic carbocycles. The van der Waals surface area contributed by atoms with Gasteiger partial charge in [-0.1, -0.05) is 30.0 Å². The Hall–Kier alpha value is -0.870. The molecular formula is C10H10S. The molecule has 1 aromatic rings. The zero-order valence-corrected chi connectivity index (χ0v) is 7.31. The number of rotatable bonds is 0. The van der Waals surface area contributed by atoms with Crippen LogP contribution in [0, 0.1) is 11.8 Å². The van der Waals surface area contributed by atoms with Gasteiger partial charge in [-0.3, -0.25) is 0 Å². The standard InChI is InChI=1S/C10H10S/c1-9(11)7-8-10-5-3-2-4-6-10/h2-6,9,11H,1H3. The summed E-state index contributed by atoms with van der Waals surface area (Å²) in [6.45, 7) is 1.96. The lowest BCUT2D eigenvalue weighted by Gasteiger charge is -1.88. The fraction of sp³-hybridized carbons (Fsp3) is 0.200. The molecule has 0 spiro atoms. The summed E-state index contributed by atoms with van der Waals surface area (Å²) in [5.41, 5.74) is 1.05. The Morgan fingerprint density at radius 2 is 1.91 bits per heavy atom. The molecule has 0 aliphatic heterocycles. The molecule has 56 valence electrons. The lowest BCUT2D eigenvalue weighted by atomic mass is 10.2. The van der Waals surface area contributed by atoms with Gasteiger partial charge in [0.1, 0.15) is 0 Å². The maximum absolute atomic E-state index is 4.15. The average molecular weight is 162 g/mol. The van der Waals surface area contributed by atoms with E-state index >= 15 is 0 Å². The van der Waals surface area contributed by atoms with Gasteiger partial charge < -0.3 is 0 Å². The average Bonchev–Trinajstić information content (AvgIpc) is 2.03. The zero-order chi connectivity index (χ0) is 8.10. The predicted octanol–water partition coefficient (Wildman–Crippen LogP) is 2.36. The van der Waals surface area contributed by atoms with Crippen LogP contribution in [-0.2, 0) is 0 Å². The summed E-state index contributed by atoms with van der Waals surface area (Å²) in [7, 11) is 0. The highest BCUT2D eigenvalue weighted by atomic mass is 32.1. The van der Waals surface area contributed by atoms with Gasteiger partial charge in [0.2, 0.25) is 0 Å². The Bertz CT molecular complexity index is 264. The first kappa shape index (κ1) is 8.23. The fourth-order valence-electron chi connectivity index (χ4n) is 0.709. The molecule has 1 rings (SSSR count). The van der Waals surface area contributed by atoms with Crippen molar-refractivity contribution in [2.24, 2.45) is 0 Å². The van der Waals surface area contributed by atoms with Crippen molar-refractivity contribution >= 4 is 12.6 Å². The molecule has 0 bridgehead atoms. The summed E-state index contributed by atoms with van der Waals surface area (Å²) in [6, 6.07) is 9.92. The van der Waals surface area contributed by atoms with E-state index in [1.54, 1.807) is 0 Å². The van der Waals surface area contributed by atoms with Crippen molar-refractivity contribution in [1.29, 1.82) is 0 Å². The third-order valence-electron chi connectivity index (χ3n) is 1.20. The molecule has 0 saturated heterocycles. The van der Waals surface area contributed by atoms with Crippen LogP contribution in [0.1, 0.15) is 12.5 Å². The van der Waals surface area contributed by atoms with Crippen molar-refractivity contribution in [3.63, 3.8) is 0 Å². The maximum Gasteiger partial charge on any atom is 0.0602 e. The highest BCUT2D eigenvalue weighted by molar-refractivity contribution is 7.81. The SMILES string of the molecule is CC(S)C#Cc1ccccc1. The predicted molar refractivity (Wildman–Crippen MR) is 51.8 cm³/mol. The van der Waals surface area contributed by atoms with Crippen molar-refractivity contribution in [3.8, 4) is 11.8 Å². The van der Waals surface area contributed by atoms with Crippen LogP contribution in [0.5, 0.6) is 0 Å². The molecule has 1 unspecified atom stereocenters. The molecule has 0 aliphatic carbocycles. The first-order chi connectivity index (χ1) is 5.29. The van der Waals surface area contributed by atoms with Crippen molar-refractivity contribution in [3.05, 3.63) is 35.9 Å². The first-order valence-electron chi connectivity index (χ1n) is 3.53. The second kappa shape index (κ2) is 4.10. The number of hydrogen-bond acceptors (Lipinski definition) is 1. The molecule has 0 N–H and O–H groups in total. The largest absolute Gasteiger partial charge is 0.163 e. The van der Waals surface area contributed by atoms with Crippen molar-refractivity contribution in [1.82, 2.24) is 0 Å². The molecule has 0 amide bonds. The van der Waals surface area contributed by atoms with Crippen LogP contribution in [0.2, 0.25) is 0 Å². The van der Waals surface area contributed by atoms with E-state index in [-0.39, 0.29) is 5.25 Å². The van der Waals surface area contributed by atoms with Crippen LogP contribution in [-0.4, -0.2) is 5.25 Å². The van der Waals surface area contributed by atoms with Crippen LogP contribution < -0.4 is 0 Å². The van der Waals surface area contributed by atoms with Gasteiger partial charge in [0.25, 0.3) is 0 Å². The summed E-state index contributed by atoms with van der Waals surface area (Å²) < 4.78 is 0. The highest BCUT2D eigenvalue weighted by Gasteiger charge is 1.83. The van der Waals surface area contributed by atoms with E-state index in [1.165, 1.54) is 0 Å². The minimum atomic E-state index is 0.148. The third-order valence-corrected chi connectivity index (χ3v) is 1.33. The Labute approximate surface area is 73.0 Å². The third kappa shape index (κ3) is 3.15. The molecule has 0 heterocycles. The van der Waals surface area contributed by atoms with Gasteiger partial charge in [-0.05, 0) is 19.1 Å². The topological polar surface area (TPSA) is 0 Å². The van der Waals surface area contributed by atoms with Crippen molar-refractivity contribution in [2.75, 3.05) is 0 Å². The van der Waals surface area contributed by atoms with Gasteiger partial charge in [-0.2, -0.15) is 12.6 Å². The van der Waals surface area contributed by atoms with Gasteiger partial charge in [0.05, 0.1) is 5.25 Å². The molecular weight excluding hydrogens is 152 g/mol. The lowest BCUT2D eigenvalue weighted by Crippen LogP contribution is -1.82. The van der Waals surface area contributed by atoms with Gasteiger partial charge in [-0.25, -0.2) is 0 Å². The minimum Gasteiger partial charge on any atom is -0.163 e. The first-order valence-corrected chi connectivity index (χ1v) is 4.05. The van der Waals surface area contributed by atoms with E-state index in [1.807, 2.05) is 37.3 Å². The van der Waals surface area contributed by atoms with Crippen LogP contribution in [0.15, 0.2) is 30.3 Å². The molecule has 0 aliphatic rings. The second-order valence-corrected chi connectivity index (χ2v) is 3.09. The van der Waals surface area contributed by atoms with Crippen LogP contribution in [0.25, 0.3) is 0 Å². The lowest BCUT2D eigenvalue weighted by molar-refractivity contribution is 1.31. The fourth-order valence-corrected chi connectivity index (χ4v) is 0.774.